The highest BCUT2D eigenvalue weighted by Crippen LogP contribution is 2.29. The topological polar surface area (TPSA) is 29.1 Å². The van der Waals surface area contributed by atoms with Gasteiger partial charge in [-0.1, -0.05) is 11.6 Å². The molecule has 1 amide bonds. The lowest BCUT2D eigenvalue weighted by molar-refractivity contribution is 0.103. The number of nitrogens with one attached hydrogen (secondary N) is 1. The number of amides is 1. The van der Waals surface area contributed by atoms with Gasteiger partial charge in [-0.05, 0) is 74.6 Å². The van der Waals surface area contributed by atoms with E-state index >= 15 is 0 Å². The van der Waals surface area contributed by atoms with Crippen LogP contribution in [0.2, 0.25) is 5.02 Å². The molecular formula is C12H8BrClINOS. The molecule has 1 aromatic heterocycles. The third-order valence-electron chi connectivity index (χ3n) is 2.28. The van der Waals surface area contributed by atoms with Gasteiger partial charge in [0.1, 0.15) is 4.88 Å². The molecule has 94 valence electrons. The number of halogens is 3. The van der Waals surface area contributed by atoms with E-state index in [1.807, 2.05) is 30.5 Å². The van der Waals surface area contributed by atoms with Gasteiger partial charge in [-0.2, -0.15) is 0 Å². The predicted molar refractivity (Wildman–Crippen MR) is 88.9 cm³/mol. The normalized spacial score (nSPS) is 10.4. The molecule has 2 nitrogen and oxygen atoms in total. The molecule has 0 spiro atoms. The summed E-state index contributed by atoms with van der Waals surface area (Å²) in [5.41, 5.74) is 1.66. The lowest BCUT2D eigenvalue weighted by atomic mass is 10.3. The molecular weight excluding hydrogens is 448 g/mol. The van der Waals surface area contributed by atoms with E-state index in [9.17, 15) is 4.79 Å². The fourth-order valence-electron chi connectivity index (χ4n) is 1.35. The van der Waals surface area contributed by atoms with Crippen molar-refractivity contribution in [3.8, 4) is 0 Å². The Kier molecular flexibility index (Phi) is 4.69. The van der Waals surface area contributed by atoms with E-state index in [1.54, 1.807) is 0 Å². The summed E-state index contributed by atoms with van der Waals surface area (Å²) in [5, 5.41) is 5.25. The van der Waals surface area contributed by atoms with E-state index in [-0.39, 0.29) is 5.91 Å². The number of hydrogen-bond donors (Lipinski definition) is 1. The Morgan fingerprint density at radius 3 is 2.78 bits per heavy atom. The average molecular weight is 457 g/mol. The Morgan fingerprint density at radius 2 is 2.22 bits per heavy atom. The minimum Gasteiger partial charge on any atom is -0.320 e. The first-order valence-corrected chi connectivity index (χ1v) is 8.12. The van der Waals surface area contributed by atoms with Crippen LogP contribution in [0.1, 0.15) is 15.2 Å². The molecule has 2 rings (SSSR count). The van der Waals surface area contributed by atoms with Gasteiger partial charge < -0.3 is 5.32 Å². The fourth-order valence-corrected chi connectivity index (χ4v) is 3.92. The Bertz CT molecular complexity index is 614. The molecule has 1 heterocycles. The highest BCUT2D eigenvalue weighted by molar-refractivity contribution is 14.1. The first-order chi connectivity index (χ1) is 8.49. The van der Waals surface area contributed by atoms with E-state index in [0.717, 1.165) is 19.3 Å². The highest BCUT2D eigenvalue weighted by Gasteiger charge is 2.15. The van der Waals surface area contributed by atoms with E-state index in [2.05, 4.69) is 43.8 Å². The quantitative estimate of drug-likeness (QED) is 0.608. The Balaban J connectivity index is 2.24. The number of rotatable bonds is 2. The van der Waals surface area contributed by atoms with Gasteiger partial charge in [-0.25, -0.2) is 0 Å². The number of thiophene rings is 1. The summed E-state index contributed by atoms with van der Waals surface area (Å²) in [5.74, 6) is -0.181. The van der Waals surface area contributed by atoms with Gasteiger partial charge >= 0.3 is 0 Å². The largest absolute Gasteiger partial charge is 0.320 e. The lowest BCUT2D eigenvalue weighted by Crippen LogP contribution is -2.11. The standard InChI is InChI=1S/C12H8BrClINOS/c1-6-5-18-11(10(6)14)12(17)16-9-3-2-7(15)4-8(9)13/h2-5H,1H3,(H,16,17). The Morgan fingerprint density at radius 1 is 1.50 bits per heavy atom. The van der Waals surface area contributed by atoms with Gasteiger partial charge in [0.05, 0.1) is 10.7 Å². The van der Waals surface area contributed by atoms with E-state index in [4.69, 9.17) is 11.6 Å². The van der Waals surface area contributed by atoms with E-state index < -0.39 is 0 Å². The molecule has 0 saturated carbocycles. The molecule has 0 aliphatic rings. The van der Waals surface area contributed by atoms with Crippen molar-refractivity contribution in [1.82, 2.24) is 0 Å². The third-order valence-corrected chi connectivity index (χ3v) is 5.31. The highest BCUT2D eigenvalue weighted by atomic mass is 127. The van der Waals surface area contributed by atoms with Crippen LogP contribution in [-0.4, -0.2) is 5.91 Å². The molecule has 0 bridgehead atoms. The maximum atomic E-state index is 12.1. The second kappa shape index (κ2) is 5.90. The number of benzene rings is 1. The zero-order valence-corrected chi connectivity index (χ0v) is 14.6. The van der Waals surface area contributed by atoms with Crippen molar-refractivity contribution in [3.05, 3.63) is 47.1 Å². The summed E-state index contributed by atoms with van der Waals surface area (Å²) < 4.78 is 1.95. The summed E-state index contributed by atoms with van der Waals surface area (Å²) in [6.07, 6.45) is 0. The molecule has 0 radical (unpaired) electrons. The molecule has 0 atom stereocenters. The first-order valence-electron chi connectivity index (χ1n) is 4.99. The van der Waals surface area contributed by atoms with Gasteiger partial charge in [0.2, 0.25) is 0 Å². The molecule has 0 unspecified atom stereocenters. The van der Waals surface area contributed by atoms with Crippen molar-refractivity contribution < 1.29 is 4.79 Å². The summed E-state index contributed by atoms with van der Waals surface area (Å²) >= 11 is 13.1. The van der Waals surface area contributed by atoms with Crippen LogP contribution >= 0.6 is 61.5 Å². The van der Waals surface area contributed by atoms with Crippen molar-refractivity contribution in [1.29, 1.82) is 0 Å². The molecule has 1 aromatic carbocycles. The molecule has 18 heavy (non-hydrogen) atoms. The first kappa shape index (κ1) is 14.3. The Hall–Kier alpha value is -0.110. The van der Waals surface area contributed by atoms with Crippen LogP contribution in [-0.2, 0) is 0 Å². The molecule has 0 saturated heterocycles. The smallest absolute Gasteiger partial charge is 0.267 e. The predicted octanol–water partition coefficient (Wildman–Crippen LogP) is 5.33. The van der Waals surface area contributed by atoms with E-state index in [1.165, 1.54) is 11.3 Å². The van der Waals surface area contributed by atoms with Crippen LogP contribution < -0.4 is 5.32 Å². The average Bonchev–Trinajstić information content (AvgIpc) is 2.64. The van der Waals surface area contributed by atoms with Crippen molar-refractivity contribution >= 4 is 73.1 Å². The van der Waals surface area contributed by atoms with Crippen LogP contribution in [0, 0.1) is 10.5 Å². The van der Waals surface area contributed by atoms with Crippen LogP contribution in [0.25, 0.3) is 0 Å². The molecule has 0 fully saturated rings. The van der Waals surface area contributed by atoms with E-state index in [0.29, 0.717) is 9.90 Å². The van der Waals surface area contributed by atoms with Crippen molar-refractivity contribution in [2.45, 2.75) is 6.92 Å². The number of hydrogen-bond acceptors (Lipinski definition) is 2. The summed E-state index contributed by atoms with van der Waals surface area (Å²) in [7, 11) is 0. The van der Waals surface area contributed by atoms with Crippen LogP contribution in [0.4, 0.5) is 5.69 Å². The summed E-state index contributed by atoms with van der Waals surface area (Å²) in [4.78, 5) is 12.6. The molecule has 0 aliphatic heterocycles. The van der Waals surface area contributed by atoms with Gasteiger partial charge in [0.25, 0.3) is 5.91 Å². The summed E-state index contributed by atoms with van der Waals surface area (Å²) in [6, 6.07) is 5.73. The van der Waals surface area contributed by atoms with Gasteiger partial charge in [-0.15, -0.1) is 11.3 Å². The number of aryl methyl sites for hydroxylation is 1. The number of carbonyl (C=O) groups is 1. The van der Waals surface area contributed by atoms with Crippen molar-refractivity contribution in [2.24, 2.45) is 0 Å². The molecule has 0 aliphatic carbocycles. The minimum absolute atomic E-state index is 0.181. The van der Waals surface area contributed by atoms with Crippen LogP contribution in [0.3, 0.4) is 0 Å². The van der Waals surface area contributed by atoms with Gasteiger partial charge in [0.15, 0.2) is 0 Å². The zero-order valence-electron chi connectivity index (χ0n) is 9.26. The second-order valence-corrected chi connectivity index (χ2v) is 7.00. The second-order valence-electron chi connectivity index (χ2n) is 3.64. The lowest BCUT2D eigenvalue weighted by Gasteiger charge is -2.07. The molecule has 1 N–H and O–H groups in total. The van der Waals surface area contributed by atoms with Crippen molar-refractivity contribution in [2.75, 3.05) is 5.32 Å². The zero-order chi connectivity index (χ0) is 13.3. The summed E-state index contributed by atoms with van der Waals surface area (Å²) in [6.45, 7) is 1.89. The fraction of sp³-hybridized carbons (Fsp3) is 0.0833. The van der Waals surface area contributed by atoms with Gasteiger partial charge in [0, 0.05) is 8.04 Å². The van der Waals surface area contributed by atoms with Gasteiger partial charge in [-0.3, -0.25) is 4.79 Å². The Labute approximate surface area is 136 Å². The third kappa shape index (κ3) is 3.07. The molecule has 6 heteroatoms. The maximum Gasteiger partial charge on any atom is 0.267 e. The SMILES string of the molecule is Cc1csc(C(=O)Nc2ccc(I)cc2Br)c1Cl. The van der Waals surface area contributed by atoms with Crippen molar-refractivity contribution in [3.63, 3.8) is 0 Å². The number of carbonyl (C=O) groups excluding carboxylic acids is 1. The molecule has 2 aromatic rings. The van der Waals surface area contributed by atoms with Crippen LogP contribution in [0.5, 0.6) is 0 Å². The monoisotopic (exact) mass is 455 g/mol. The van der Waals surface area contributed by atoms with Crippen LogP contribution in [0.15, 0.2) is 28.1 Å². The maximum absolute atomic E-state index is 12.1. The number of anilines is 1. The minimum atomic E-state index is -0.181.